The van der Waals surface area contributed by atoms with E-state index in [4.69, 9.17) is 17.3 Å². The molecular weight excluding hydrogens is 272 g/mol. The van der Waals surface area contributed by atoms with Crippen molar-refractivity contribution in [2.24, 2.45) is 5.73 Å². The van der Waals surface area contributed by atoms with Crippen LogP contribution in [0.1, 0.15) is 26.0 Å². The van der Waals surface area contributed by atoms with Crippen molar-refractivity contribution in [1.82, 2.24) is 9.97 Å². The van der Waals surface area contributed by atoms with Crippen molar-refractivity contribution in [3.8, 4) is 0 Å². The summed E-state index contributed by atoms with van der Waals surface area (Å²) in [7, 11) is 0. The Balaban J connectivity index is 2.26. The third-order valence-electron chi connectivity index (χ3n) is 2.57. The number of amides is 1. The third kappa shape index (κ3) is 3.05. The smallest absolute Gasteiger partial charge is 0.224 e. The third-order valence-corrected chi connectivity index (χ3v) is 3.86. The van der Waals surface area contributed by atoms with E-state index in [1.54, 1.807) is 11.8 Å². The van der Waals surface area contributed by atoms with Crippen molar-refractivity contribution < 1.29 is 4.79 Å². The number of hydrogen-bond donors (Lipinski definition) is 2. The molecule has 5 nitrogen and oxygen atoms in total. The van der Waals surface area contributed by atoms with Gasteiger partial charge in [0.2, 0.25) is 11.2 Å². The molecule has 7 heteroatoms. The first kappa shape index (κ1) is 13.4. The molecule has 0 saturated carbocycles. The number of rotatable bonds is 4. The largest absolute Gasteiger partial charge is 0.370 e. The Morgan fingerprint density at radius 3 is 2.94 bits per heavy atom. The molecule has 1 aromatic rings. The van der Waals surface area contributed by atoms with E-state index in [-0.39, 0.29) is 17.6 Å². The van der Waals surface area contributed by atoms with Crippen LogP contribution in [0.15, 0.2) is 4.90 Å². The van der Waals surface area contributed by atoms with Crippen molar-refractivity contribution in [3.63, 3.8) is 0 Å². The Morgan fingerprint density at radius 2 is 2.28 bits per heavy atom. The number of nitrogens with one attached hydrogen (secondary N) is 1. The summed E-state index contributed by atoms with van der Waals surface area (Å²) in [6, 6.07) is 0. The number of carbonyl (C=O) groups is 1. The summed E-state index contributed by atoms with van der Waals surface area (Å²) >= 11 is 7.60. The number of aromatic nitrogens is 2. The Morgan fingerprint density at radius 1 is 1.56 bits per heavy atom. The zero-order valence-corrected chi connectivity index (χ0v) is 11.9. The Hall–Kier alpha value is -1.01. The van der Waals surface area contributed by atoms with Gasteiger partial charge < -0.3 is 11.1 Å². The minimum atomic E-state index is -0.458. The topological polar surface area (TPSA) is 80.9 Å². The fraction of sp³-hybridized carbons (Fsp3) is 0.545. The minimum Gasteiger partial charge on any atom is -0.370 e. The number of halogens is 1. The number of primary amides is 1. The summed E-state index contributed by atoms with van der Waals surface area (Å²) in [6.45, 7) is 3.81. The zero-order chi connectivity index (χ0) is 13.3. The summed E-state index contributed by atoms with van der Waals surface area (Å²) in [5.41, 5.74) is 5.74. The molecule has 0 aromatic carbocycles. The Bertz CT molecular complexity index is 492. The van der Waals surface area contributed by atoms with Crippen LogP contribution in [0.25, 0.3) is 0 Å². The van der Waals surface area contributed by atoms with E-state index in [1.807, 2.05) is 13.8 Å². The van der Waals surface area contributed by atoms with Crippen LogP contribution >= 0.6 is 23.4 Å². The van der Waals surface area contributed by atoms with E-state index >= 15 is 0 Å². The van der Waals surface area contributed by atoms with Gasteiger partial charge in [-0.1, -0.05) is 0 Å². The van der Waals surface area contributed by atoms with Crippen molar-refractivity contribution in [2.45, 2.75) is 37.1 Å². The molecule has 3 N–H and O–H groups in total. The molecule has 0 unspecified atom stereocenters. The van der Waals surface area contributed by atoms with Gasteiger partial charge in [-0.25, -0.2) is 4.98 Å². The van der Waals surface area contributed by atoms with Gasteiger partial charge in [0.1, 0.15) is 5.82 Å². The maximum atomic E-state index is 11.0. The van der Waals surface area contributed by atoms with Crippen molar-refractivity contribution in [2.75, 3.05) is 11.1 Å². The van der Waals surface area contributed by atoms with Gasteiger partial charge in [-0.3, -0.25) is 4.79 Å². The molecule has 2 rings (SSSR count). The Labute approximate surface area is 115 Å². The summed E-state index contributed by atoms with van der Waals surface area (Å²) in [6.07, 6.45) is 1.13. The average molecular weight is 287 g/mol. The maximum Gasteiger partial charge on any atom is 0.224 e. The van der Waals surface area contributed by atoms with E-state index in [2.05, 4.69) is 15.3 Å². The highest BCUT2D eigenvalue weighted by atomic mass is 35.5. The number of nitrogens with two attached hydrogens (primary N) is 1. The highest BCUT2D eigenvalue weighted by Crippen LogP contribution is 2.37. The zero-order valence-electron chi connectivity index (χ0n) is 10.3. The lowest BCUT2D eigenvalue weighted by Crippen LogP contribution is -2.36. The van der Waals surface area contributed by atoms with E-state index < -0.39 is 5.54 Å². The van der Waals surface area contributed by atoms with Crippen molar-refractivity contribution in [3.05, 3.63) is 11.0 Å². The van der Waals surface area contributed by atoms with Gasteiger partial charge in [0, 0.05) is 24.1 Å². The van der Waals surface area contributed by atoms with Gasteiger partial charge in [-0.15, -0.1) is 11.8 Å². The molecule has 18 heavy (non-hydrogen) atoms. The normalized spacial score (nSPS) is 14.4. The molecule has 1 amide bonds. The SMILES string of the molecule is CC(C)(CC(N)=O)Nc1nc(Cl)nc2c1SCC2. The van der Waals surface area contributed by atoms with Gasteiger partial charge in [0.15, 0.2) is 0 Å². The number of thioether (sulfide) groups is 1. The molecule has 98 valence electrons. The lowest BCUT2D eigenvalue weighted by Gasteiger charge is -2.26. The standard InChI is InChI=1S/C11H15ClN4OS/c1-11(2,5-7(13)17)16-9-8-6(3-4-18-8)14-10(12)15-9/h3-5H2,1-2H3,(H2,13,17)(H,14,15,16). The lowest BCUT2D eigenvalue weighted by atomic mass is 10.0. The van der Waals surface area contributed by atoms with Crippen LogP contribution in [0.2, 0.25) is 5.28 Å². The summed E-state index contributed by atoms with van der Waals surface area (Å²) < 4.78 is 0. The number of aryl methyl sites for hydroxylation is 1. The van der Waals surface area contributed by atoms with Gasteiger partial charge in [0.25, 0.3) is 0 Å². The molecule has 1 aliphatic rings. The van der Waals surface area contributed by atoms with Crippen LogP contribution in [0.5, 0.6) is 0 Å². The second-order valence-electron chi connectivity index (χ2n) is 4.87. The van der Waals surface area contributed by atoms with Crippen molar-refractivity contribution in [1.29, 1.82) is 0 Å². The van der Waals surface area contributed by atoms with Gasteiger partial charge >= 0.3 is 0 Å². The van der Waals surface area contributed by atoms with E-state index in [0.717, 1.165) is 22.8 Å². The summed E-state index contributed by atoms with van der Waals surface area (Å²) in [5.74, 6) is 1.32. The van der Waals surface area contributed by atoms with Gasteiger partial charge in [-0.05, 0) is 25.4 Å². The molecule has 0 atom stereocenters. The monoisotopic (exact) mass is 286 g/mol. The molecule has 0 fully saturated rings. The second-order valence-corrected chi connectivity index (χ2v) is 6.31. The van der Waals surface area contributed by atoms with Crippen LogP contribution in [0, 0.1) is 0 Å². The van der Waals surface area contributed by atoms with Gasteiger partial charge in [-0.2, -0.15) is 4.98 Å². The molecule has 0 spiro atoms. The number of fused-ring (bicyclic) bond motifs is 1. The highest BCUT2D eigenvalue weighted by molar-refractivity contribution is 7.99. The maximum absolute atomic E-state index is 11.0. The summed E-state index contributed by atoms with van der Waals surface area (Å²) in [5, 5.41) is 3.46. The van der Waals surface area contributed by atoms with Crippen LogP contribution in [-0.4, -0.2) is 27.2 Å². The first-order valence-corrected chi connectivity index (χ1v) is 6.99. The minimum absolute atomic E-state index is 0.230. The molecule has 2 heterocycles. The number of anilines is 1. The van der Waals surface area contributed by atoms with E-state index in [0.29, 0.717) is 5.82 Å². The van der Waals surface area contributed by atoms with E-state index in [1.165, 1.54) is 0 Å². The fourth-order valence-electron chi connectivity index (χ4n) is 1.92. The van der Waals surface area contributed by atoms with Crippen LogP contribution in [0.3, 0.4) is 0 Å². The molecule has 1 aliphatic heterocycles. The fourth-order valence-corrected chi connectivity index (χ4v) is 3.16. The number of hydrogen-bond acceptors (Lipinski definition) is 5. The van der Waals surface area contributed by atoms with Gasteiger partial charge in [0.05, 0.1) is 10.6 Å². The first-order valence-electron chi connectivity index (χ1n) is 5.63. The lowest BCUT2D eigenvalue weighted by molar-refractivity contribution is -0.118. The molecule has 1 aromatic heterocycles. The molecular formula is C11H15ClN4OS. The summed E-state index contributed by atoms with van der Waals surface area (Å²) in [4.78, 5) is 20.5. The number of carbonyl (C=O) groups excluding carboxylic acids is 1. The Kier molecular flexibility index (Phi) is 3.68. The molecule has 0 bridgehead atoms. The quantitative estimate of drug-likeness (QED) is 0.826. The predicted molar refractivity (Wildman–Crippen MR) is 73.0 cm³/mol. The molecule has 0 aliphatic carbocycles. The average Bonchev–Trinajstić information content (AvgIpc) is 2.61. The molecule has 0 saturated heterocycles. The first-order chi connectivity index (χ1) is 8.37. The second kappa shape index (κ2) is 4.93. The van der Waals surface area contributed by atoms with E-state index in [9.17, 15) is 4.79 Å². The van der Waals surface area contributed by atoms with Crippen LogP contribution in [0.4, 0.5) is 5.82 Å². The van der Waals surface area contributed by atoms with Crippen LogP contribution < -0.4 is 11.1 Å². The van der Waals surface area contributed by atoms with Crippen LogP contribution in [-0.2, 0) is 11.2 Å². The molecule has 0 radical (unpaired) electrons. The van der Waals surface area contributed by atoms with Crippen molar-refractivity contribution >= 4 is 35.1 Å². The highest BCUT2D eigenvalue weighted by Gasteiger charge is 2.26. The number of nitrogens with zero attached hydrogens (tertiary/aromatic N) is 2. The predicted octanol–water partition coefficient (Wildman–Crippen LogP) is 1.84.